The van der Waals surface area contributed by atoms with E-state index in [9.17, 15) is 53.1 Å². The Morgan fingerprint density at radius 3 is 1.44 bits per heavy atom. The predicted octanol–water partition coefficient (Wildman–Crippen LogP) is 1.63. The van der Waals surface area contributed by atoms with Crippen molar-refractivity contribution in [2.75, 3.05) is 45.1 Å². The maximum Gasteiger partial charge on any atom is 0.407 e. The van der Waals surface area contributed by atoms with E-state index in [4.69, 9.17) is 48.6 Å². The van der Waals surface area contributed by atoms with E-state index >= 15 is 19.2 Å². The van der Waals surface area contributed by atoms with Gasteiger partial charge in [0.05, 0.1) is 6.54 Å². The van der Waals surface area contributed by atoms with Gasteiger partial charge in [-0.2, -0.15) is 12.6 Å². The molecule has 28 N–H and O–H groups in total. The van der Waals surface area contributed by atoms with Gasteiger partial charge < -0.3 is 122 Å². The number of guanidine groups is 3. The number of esters is 1. The van der Waals surface area contributed by atoms with Gasteiger partial charge in [-0.25, -0.2) is 9.59 Å². The number of aliphatic carboxylic acids is 1. The monoisotopic (exact) mass is 1840 g/mol. The number of nitrogens with one attached hydrogen (secondary N) is 19. The fourth-order valence-corrected chi connectivity index (χ4v) is 14.9. The predicted molar refractivity (Wildman–Crippen MR) is 497 cm³/mol. The zero-order valence-corrected chi connectivity index (χ0v) is 76.7. The van der Waals surface area contributed by atoms with Crippen LogP contribution in [0.1, 0.15) is 174 Å². The highest BCUT2D eigenvalue weighted by Gasteiger charge is 2.40. The van der Waals surface area contributed by atoms with Crippen LogP contribution in [0.15, 0.2) is 109 Å². The number of amides is 12. The highest BCUT2D eigenvalue weighted by molar-refractivity contribution is 7.80. The first-order valence-electron chi connectivity index (χ1n) is 44.2. The summed E-state index contributed by atoms with van der Waals surface area (Å²) in [5, 5.41) is 73.7. The van der Waals surface area contributed by atoms with E-state index in [0.29, 0.717) is 28.5 Å². The van der Waals surface area contributed by atoms with Crippen molar-refractivity contribution in [3.8, 4) is 11.1 Å². The highest BCUT2D eigenvalue weighted by atomic mass is 32.1. The lowest BCUT2D eigenvalue weighted by molar-refractivity contribution is -0.158. The van der Waals surface area contributed by atoms with Gasteiger partial charge in [0.2, 0.25) is 65.0 Å². The number of H-pyrrole nitrogens is 1. The molecular formula is C90H133N23O17S. The minimum atomic E-state index is -1.66. The van der Waals surface area contributed by atoms with Gasteiger partial charge in [-0.15, -0.1) is 0 Å². The molecular weight excluding hydrogens is 1710 g/mol. The Balaban J connectivity index is 1.23. The summed E-state index contributed by atoms with van der Waals surface area (Å²) in [5.74, 6) is -15.1. The standard InChI is InChI=1S/C90H133N23O17S/c1-10-52(6)74(113-82(124)68(44-53-25-12-11-13-26-53)108-79(121)66(37-38-72(115)116)104-78(120)65(36-24-42-100-88(96)97)111-89(128)129-48-60-58-30-16-14-28-56(58)57-29-15-17-31-59(57)60)84(126)106-64(33-20-21-39-91)77(119)109-69(45-54-46-101-61-32-19-18-27-55(54)61)80(122)107-67(43-50(2)3)81(123)112-73(51(4)5)83(125)105-62(34-22-40-98-86(92)93)75(117)102-47-71(114)103-63(35-23-41-99-87(94)95)76(118)110-70(49-131)85(127)130-90(7,8)9/h11-19,25-32,46,50-52,60,62-70,73-74,101,131H,10,20-24,33-45,47-49,91H2,1-9H3,(H,102,117)(H,103,114)(H,104,120)(H,105,125)(H,106,126)(H,107,122)(H,108,121)(H,109,119)(H,110,118)(H,111,128)(H,112,123)(H,113,124)(H,115,116)(H4,92,93,98)(H4,94,95,99)(H4,96,97,100)/t52-,62-,63-,64-,65-,66-,67-,68-,69-,70-,73-,74-/m0/s1. The summed E-state index contributed by atoms with van der Waals surface area (Å²) in [6.07, 6.45) is 0.103. The molecule has 40 nitrogen and oxygen atoms in total. The quantitative estimate of drug-likeness (QED) is 0.00865. The van der Waals surface area contributed by atoms with Crippen LogP contribution in [0.2, 0.25) is 0 Å². The van der Waals surface area contributed by atoms with E-state index in [1.165, 1.54) is 0 Å². The second kappa shape index (κ2) is 53.8. The molecule has 5 aromatic rings. The number of para-hydroxylation sites is 1. The number of unbranched alkanes of at least 4 members (excludes halogenated alkanes) is 1. The molecule has 4 aromatic carbocycles. The highest BCUT2D eigenvalue weighted by Crippen LogP contribution is 2.44. The number of rotatable bonds is 55. The van der Waals surface area contributed by atoms with E-state index < -0.39 is 186 Å². The molecule has 0 saturated heterocycles. The Hall–Kier alpha value is -13.1. The Labute approximate surface area is 768 Å². The third-order valence-corrected chi connectivity index (χ3v) is 22.1. The number of aromatic amines is 1. The van der Waals surface area contributed by atoms with Crippen LogP contribution in [0.4, 0.5) is 4.79 Å². The van der Waals surface area contributed by atoms with Gasteiger partial charge in [-0.1, -0.05) is 145 Å². The maximum atomic E-state index is 15.3. The Morgan fingerprint density at radius 1 is 0.481 bits per heavy atom. The number of aromatic nitrogens is 1. The van der Waals surface area contributed by atoms with E-state index in [2.05, 4.69) is 97.4 Å². The van der Waals surface area contributed by atoms with Gasteiger partial charge in [0.25, 0.3) is 0 Å². The van der Waals surface area contributed by atoms with Crippen molar-refractivity contribution in [1.29, 1.82) is 16.2 Å². The third kappa shape index (κ3) is 36.1. The van der Waals surface area contributed by atoms with Crippen LogP contribution in [0.3, 0.4) is 0 Å². The van der Waals surface area contributed by atoms with Crippen LogP contribution in [0.5, 0.6) is 0 Å². The van der Waals surface area contributed by atoms with Gasteiger partial charge in [-0.3, -0.25) is 73.8 Å². The summed E-state index contributed by atoms with van der Waals surface area (Å²) in [5.41, 5.74) is 27.2. The van der Waals surface area contributed by atoms with Crippen LogP contribution < -0.4 is 103 Å². The molecule has 0 fully saturated rings. The van der Waals surface area contributed by atoms with Crippen molar-refractivity contribution in [2.24, 2.45) is 40.7 Å². The SMILES string of the molecule is CC[C@H](C)[C@H](NC(=O)[C@H](Cc1ccccc1)NC(=O)[C@H](CCC(=O)O)NC(=O)[C@H](CCCNC(=N)N)NC(=O)OCC1c2ccccc2-c2ccccc21)C(=O)N[C@@H](CCCCN)C(=O)N[C@@H](Cc1c[nH]c2ccccc12)C(=O)N[C@@H](CC(C)C)C(=O)N[C@H](C(=O)N[C@@H](CCCNC(=N)N)C(=O)NCC(=O)N[C@@H](CCCNC(=N)N)C(=O)N[C@@H](CS)C(=O)OC(C)(C)C)C(C)C. The average molecular weight is 1840 g/mol. The second-order valence-corrected chi connectivity index (χ2v) is 34.5. The summed E-state index contributed by atoms with van der Waals surface area (Å²) >= 11 is 4.22. The van der Waals surface area contributed by atoms with E-state index in [1.54, 1.807) is 123 Å². The van der Waals surface area contributed by atoms with Crippen molar-refractivity contribution in [3.63, 3.8) is 0 Å². The number of fused-ring (bicyclic) bond motifs is 4. The van der Waals surface area contributed by atoms with Gasteiger partial charge in [-0.05, 0) is 155 Å². The molecule has 12 amide bonds. The Bertz CT molecular complexity index is 4690. The molecule has 0 bridgehead atoms. The first-order chi connectivity index (χ1) is 62.2. The minimum Gasteiger partial charge on any atom is -0.481 e. The summed E-state index contributed by atoms with van der Waals surface area (Å²) < 4.78 is 11.2. The largest absolute Gasteiger partial charge is 0.481 e. The van der Waals surface area contributed by atoms with Crippen LogP contribution in [0, 0.1) is 34.0 Å². The molecule has 12 atom stereocenters. The lowest BCUT2D eigenvalue weighted by Gasteiger charge is -2.30. The van der Waals surface area contributed by atoms with Gasteiger partial charge in [0, 0.05) is 67.7 Å². The number of ether oxygens (including phenoxy) is 2. The molecule has 0 aliphatic heterocycles. The van der Waals surface area contributed by atoms with Gasteiger partial charge in [0.1, 0.15) is 78.7 Å². The van der Waals surface area contributed by atoms with Gasteiger partial charge in [0.15, 0.2) is 17.9 Å². The fraction of sp³-hybridized carbons (Fsp3) is 0.522. The van der Waals surface area contributed by atoms with Crippen LogP contribution in [-0.2, 0) is 84.6 Å². The normalized spacial score (nSPS) is 14.4. The lowest BCUT2D eigenvalue weighted by Crippen LogP contribution is -2.62. The Morgan fingerprint density at radius 2 is 0.916 bits per heavy atom. The van der Waals surface area contributed by atoms with Crippen LogP contribution in [0.25, 0.3) is 22.0 Å². The molecule has 0 unspecified atom stereocenters. The fourth-order valence-electron chi connectivity index (χ4n) is 14.7. The maximum absolute atomic E-state index is 15.3. The molecule has 1 aliphatic rings. The number of hydrogen-bond acceptors (Lipinski definition) is 21. The number of carboxylic acid groups (broad SMARTS) is 1. The number of hydrogen-bond donors (Lipinski definition) is 25. The molecule has 1 aliphatic carbocycles. The van der Waals surface area contributed by atoms with Crippen LogP contribution >= 0.6 is 12.6 Å². The first-order valence-corrected chi connectivity index (χ1v) is 44.8. The molecule has 1 aromatic heterocycles. The number of benzene rings is 4. The number of thiol groups is 1. The van der Waals surface area contributed by atoms with Crippen molar-refractivity contribution in [3.05, 3.63) is 132 Å². The molecule has 41 heteroatoms. The zero-order chi connectivity index (χ0) is 96.6. The second-order valence-electron chi connectivity index (χ2n) is 34.2. The van der Waals surface area contributed by atoms with Crippen molar-refractivity contribution >= 4 is 124 Å². The molecule has 1 heterocycles. The minimum absolute atomic E-state index is 0.0295. The number of carbonyl (C=O) groups excluding carboxylic acids is 13. The number of nitrogens with two attached hydrogens (primary N) is 4. The van der Waals surface area contributed by atoms with E-state index in [0.717, 1.165) is 22.3 Å². The van der Waals surface area contributed by atoms with E-state index in [1.807, 2.05) is 48.5 Å². The van der Waals surface area contributed by atoms with Crippen LogP contribution in [-0.4, -0.2) is 228 Å². The van der Waals surface area contributed by atoms with E-state index in [-0.39, 0.29) is 145 Å². The average Bonchev–Trinajstić information content (AvgIpc) is 1.62. The van der Waals surface area contributed by atoms with Crippen molar-refractivity contribution < 1.29 is 81.7 Å². The summed E-state index contributed by atoms with van der Waals surface area (Å²) in [4.78, 5) is 204. The molecule has 0 saturated carbocycles. The third-order valence-electron chi connectivity index (χ3n) is 21.7. The topological polar surface area (TPSA) is 650 Å². The summed E-state index contributed by atoms with van der Waals surface area (Å²) in [6, 6.07) is 15.2. The number of alkyl carbamates (subject to hydrolysis) is 1. The number of carbonyl (C=O) groups is 14. The van der Waals surface area contributed by atoms with Gasteiger partial charge >= 0.3 is 18.0 Å². The lowest BCUT2D eigenvalue weighted by atomic mass is 9.96. The number of carboxylic acids is 1. The molecule has 716 valence electrons. The molecule has 0 spiro atoms. The molecule has 131 heavy (non-hydrogen) atoms. The molecule has 0 radical (unpaired) electrons. The Kier molecular flexibility index (Phi) is 43.8. The zero-order valence-electron chi connectivity index (χ0n) is 75.8. The van der Waals surface area contributed by atoms with Crippen molar-refractivity contribution in [2.45, 2.75) is 237 Å². The van der Waals surface area contributed by atoms with Crippen molar-refractivity contribution in [1.82, 2.24) is 84.7 Å². The smallest absolute Gasteiger partial charge is 0.407 e. The summed E-state index contributed by atoms with van der Waals surface area (Å²) in [7, 11) is 0. The molecule has 6 rings (SSSR count). The summed E-state index contributed by atoms with van der Waals surface area (Å²) in [6.45, 7) is 14.7. The first kappa shape index (κ1) is 107.